The maximum absolute atomic E-state index is 12.3. The molecule has 3 amide bonds. The zero-order chi connectivity index (χ0) is 19.0. The van der Waals surface area contributed by atoms with Gasteiger partial charge in [-0.2, -0.15) is 0 Å². The summed E-state index contributed by atoms with van der Waals surface area (Å²) in [5, 5.41) is 8.67. The van der Waals surface area contributed by atoms with E-state index in [1.165, 1.54) is 0 Å². The molecule has 3 N–H and O–H groups in total. The molecule has 2 unspecified atom stereocenters. The molecule has 0 spiro atoms. The maximum atomic E-state index is 12.3. The van der Waals surface area contributed by atoms with Crippen LogP contribution in [0.3, 0.4) is 0 Å². The number of likely N-dealkylation sites (tertiary alicyclic amines) is 1. The van der Waals surface area contributed by atoms with Crippen LogP contribution in [0.2, 0.25) is 0 Å². The number of nitrogens with zero attached hydrogens (tertiary/aromatic N) is 1. The second kappa shape index (κ2) is 9.75. The first-order valence-electron chi connectivity index (χ1n) is 9.13. The first-order valence-corrected chi connectivity index (χ1v) is 9.13. The lowest BCUT2D eigenvalue weighted by Gasteiger charge is -2.31. The number of hydrogen-bond acceptors (Lipinski definition) is 4. The van der Waals surface area contributed by atoms with E-state index in [4.69, 9.17) is 0 Å². The third-order valence-corrected chi connectivity index (χ3v) is 4.69. The summed E-state index contributed by atoms with van der Waals surface area (Å²) in [5.74, 6) is -0.0794. The van der Waals surface area contributed by atoms with Gasteiger partial charge in [0.2, 0.25) is 17.7 Å². The van der Waals surface area contributed by atoms with Crippen molar-refractivity contribution in [3.8, 4) is 0 Å². The van der Waals surface area contributed by atoms with Crippen LogP contribution in [-0.2, 0) is 14.4 Å². The Labute approximate surface area is 151 Å². The van der Waals surface area contributed by atoms with Gasteiger partial charge in [0.25, 0.3) is 0 Å². The van der Waals surface area contributed by atoms with E-state index in [2.05, 4.69) is 16.0 Å². The molecule has 0 radical (unpaired) electrons. The molecule has 1 aliphatic heterocycles. The minimum Gasteiger partial charge on any atom is -0.356 e. The normalized spacial score (nSPS) is 18.8. The Bertz CT molecular complexity index is 473. The van der Waals surface area contributed by atoms with Crippen molar-refractivity contribution < 1.29 is 14.4 Å². The smallest absolute Gasteiger partial charge is 0.234 e. The van der Waals surface area contributed by atoms with Gasteiger partial charge < -0.3 is 20.9 Å². The Morgan fingerprint density at radius 1 is 1.20 bits per heavy atom. The van der Waals surface area contributed by atoms with Gasteiger partial charge in [-0.3, -0.25) is 14.4 Å². The Morgan fingerprint density at radius 3 is 2.44 bits per heavy atom. The minimum atomic E-state index is -0.228. The fourth-order valence-electron chi connectivity index (χ4n) is 3.17. The van der Waals surface area contributed by atoms with Crippen LogP contribution in [0.4, 0.5) is 0 Å². The molecule has 144 valence electrons. The van der Waals surface area contributed by atoms with Crippen molar-refractivity contribution in [1.29, 1.82) is 0 Å². The highest BCUT2D eigenvalue weighted by Gasteiger charge is 2.29. The van der Waals surface area contributed by atoms with E-state index in [1.54, 1.807) is 14.0 Å². The molecule has 0 aromatic carbocycles. The van der Waals surface area contributed by atoms with E-state index in [-0.39, 0.29) is 48.2 Å². The van der Waals surface area contributed by atoms with Crippen molar-refractivity contribution in [3.63, 3.8) is 0 Å². The monoisotopic (exact) mass is 354 g/mol. The summed E-state index contributed by atoms with van der Waals surface area (Å²) in [5.41, 5.74) is -0.211. The first-order chi connectivity index (χ1) is 11.6. The highest BCUT2D eigenvalue weighted by atomic mass is 16.2. The number of hydrogen-bond donors (Lipinski definition) is 3. The van der Waals surface area contributed by atoms with Gasteiger partial charge in [-0.05, 0) is 31.7 Å². The Morgan fingerprint density at radius 2 is 1.88 bits per heavy atom. The highest BCUT2D eigenvalue weighted by molar-refractivity contribution is 5.81. The lowest BCUT2D eigenvalue weighted by molar-refractivity contribution is -0.129. The Balaban J connectivity index is 2.44. The van der Waals surface area contributed by atoms with E-state index >= 15 is 0 Å². The third kappa shape index (κ3) is 7.42. The van der Waals surface area contributed by atoms with Crippen LogP contribution in [0.5, 0.6) is 0 Å². The highest BCUT2D eigenvalue weighted by Crippen LogP contribution is 2.22. The van der Waals surface area contributed by atoms with Crippen molar-refractivity contribution in [2.24, 2.45) is 5.41 Å². The molecule has 1 fully saturated rings. The summed E-state index contributed by atoms with van der Waals surface area (Å²) in [6.45, 7) is 9.22. The zero-order valence-electron chi connectivity index (χ0n) is 16.3. The second-order valence-corrected chi connectivity index (χ2v) is 7.87. The predicted molar refractivity (Wildman–Crippen MR) is 98.0 cm³/mol. The molecule has 1 heterocycles. The molecule has 0 aliphatic carbocycles. The number of likely N-dealkylation sites (N-methyl/N-ethyl adjacent to an activating group) is 1. The van der Waals surface area contributed by atoms with Crippen LogP contribution >= 0.6 is 0 Å². The standard InChI is InChI=1S/C18H34N4O3/c1-13(23)22-10-6-7-14(22)8-9-20-16(24)11-15(18(2,3)4)21-17(25)12-19-5/h14-15,19H,6-12H2,1-5H3,(H,20,24)(H,21,25). The fourth-order valence-corrected chi connectivity index (χ4v) is 3.17. The number of nitrogens with one attached hydrogen (secondary N) is 3. The summed E-state index contributed by atoms with van der Waals surface area (Å²) < 4.78 is 0. The topological polar surface area (TPSA) is 90.5 Å². The van der Waals surface area contributed by atoms with Gasteiger partial charge in [0.05, 0.1) is 6.54 Å². The molecule has 1 rings (SSSR count). The van der Waals surface area contributed by atoms with Crippen LogP contribution in [0.1, 0.15) is 53.4 Å². The lowest BCUT2D eigenvalue weighted by atomic mass is 9.84. The van der Waals surface area contributed by atoms with Crippen molar-refractivity contribution in [3.05, 3.63) is 0 Å². The van der Waals surface area contributed by atoms with Crippen LogP contribution < -0.4 is 16.0 Å². The van der Waals surface area contributed by atoms with Gasteiger partial charge in [0.1, 0.15) is 0 Å². The number of carbonyl (C=O) groups excluding carboxylic acids is 3. The molecule has 0 aromatic heterocycles. The molecule has 0 bridgehead atoms. The molecule has 2 atom stereocenters. The van der Waals surface area contributed by atoms with Crippen LogP contribution in [0.15, 0.2) is 0 Å². The van der Waals surface area contributed by atoms with Crippen LogP contribution in [0.25, 0.3) is 0 Å². The van der Waals surface area contributed by atoms with Crippen LogP contribution in [-0.4, -0.2) is 61.4 Å². The van der Waals surface area contributed by atoms with Gasteiger partial charge in [0, 0.05) is 38.5 Å². The van der Waals surface area contributed by atoms with E-state index in [0.717, 1.165) is 25.8 Å². The van der Waals surface area contributed by atoms with Gasteiger partial charge >= 0.3 is 0 Å². The molecule has 0 aromatic rings. The minimum absolute atomic E-state index is 0.0722. The van der Waals surface area contributed by atoms with Gasteiger partial charge in [-0.1, -0.05) is 20.8 Å². The van der Waals surface area contributed by atoms with E-state index in [9.17, 15) is 14.4 Å². The SMILES string of the molecule is CNCC(=O)NC(CC(=O)NCCC1CCCN1C(C)=O)C(C)(C)C. The van der Waals surface area contributed by atoms with Crippen LogP contribution in [0, 0.1) is 5.41 Å². The second-order valence-electron chi connectivity index (χ2n) is 7.87. The zero-order valence-corrected chi connectivity index (χ0v) is 16.3. The molecular weight excluding hydrogens is 320 g/mol. The van der Waals surface area contributed by atoms with Gasteiger partial charge in [-0.25, -0.2) is 0 Å². The van der Waals surface area contributed by atoms with Gasteiger partial charge in [-0.15, -0.1) is 0 Å². The summed E-state index contributed by atoms with van der Waals surface area (Å²) >= 11 is 0. The van der Waals surface area contributed by atoms with E-state index in [0.29, 0.717) is 6.54 Å². The predicted octanol–water partition coefficient (Wildman–Crippen LogP) is 0.644. The van der Waals surface area contributed by atoms with E-state index in [1.807, 2.05) is 25.7 Å². The van der Waals surface area contributed by atoms with Crippen molar-refractivity contribution in [1.82, 2.24) is 20.9 Å². The molecule has 0 saturated carbocycles. The van der Waals surface area contributed by atoms with Crippen molar-refractivity contribution >= 4 is 17.7 Å². The molecule has 25 heavy (non-hydrogen) atoms. The fraction of sp³-hybridized carbons (Fsp3) is 0.833. The number of amides is 3. The van der Waals surface area contributed by atoms with Crippen molar-refractivity contribution in [2.45, 2.75) is 65.5 Å². The molecular formula is C18H34N4O3. The summed E-state index contributed by atoms with van der Waals surface area (Å²) in [6.07, 6.45) is 3.06. The molecule has 7 nitrogen and oxygen atoms in total. The summed E-state index contributed by atoms with van der Waals surface area (Å²) in [7, 11) is 1.71. The average Bonchev–Trinajstić information content (AvgIpc) is 2.94. The molecule has 7 heteroatoms. The van der Waals surface area contributed by atoms with E-state index < -0.39 is 0 Å². The number of carbonyl (C=O) groups is 3. The summed E-state index contributed by atoms with van der Waals surface area (Å²) in [4.78, 5) is 37.5. The molecule has 1 aliphatic rings. The van der Waals surface area contributed by atoms with Crippen molar-refractivity contribution in [2.75, 3.05) is 26.7 Å². The Kier molecular flexibility index (Phi) is 8.35. The average molecular weight is 354 g/mol. The molecule has 1 saturated heterocycles. The van der Waals surface area contributed by atoms with Gasteiger partial charge in [0.15, 0.2) is 0 Å². The Hall–Kier alpha value is -1.63. The maximum Gasteiger partial charge on any atom is 0.234 e. The third-order valence-electron chi connectivity index (χ3n) is 4.69. The lowest BCUT2D eigenvalue weighted by Crippen LogP contribution is -2.49. The largest absolute Gasteiger partial charge is 0.356 e. The number of rotatable bonds is 8. The quantitative estimate of drug-likeness (QED) is 0.597. The summed E-state index contributed by atoms with van der Waals surface area (Å²) in [6, 6.07) is 0.0000861. The first kappa shape index (κ1) is 21.4.